The van der Waals surface area contributed by atoms with E-state index < -0.39 is 58.8 Å². The Morgan fingerprint density at radius 3 is 1.43 bits per heavy atom. The second-order valence-electron chi connectivity index (χ2n) is 14.5. The molecule has 0 unspecified atom stereocenters. The summed E-state index contributed by atoms with van der Waals surface area (Å²) in [5.74, 6) is -2.85. The molecule has 13 nitrogen and oxygen atoms in total. The molecule has 4 N–H and O–H groups in total. The average Bonchev–Trinajstić information content (AvgIpc) is 3.81. The molecule has 0 saturated carbocycles. The maximum absolute atomic E-state index is 12.9. The number of carbonyl (C=O) groups is 2. The van der Waals surface area contributed by atoms with Crippen molar-refractivity contribution < 1.29 is 63.0 Å². The van der Waals surface area contributed by atoms with Crippen LogP contribution in [0.5, 0.6) is 5.75 Å². The number of anilines is 2. The molecular formula is C47H39F3N2O11S4. The molecule has 6 aromatic carbocycles. The van der Waals surface area contributed by atoms with Crippen LogP contribution in [0.2, 0.25) is 0 Å². The van der Waals surface area contributed by atoms with Crippen LogP contribution in [-0.2, 0) is 55.6 Å². The number of thiophene rings is 1. The first-order chi connectivity index (χ1) is 31.7. The van der Waals surface area contributed by atoms with E-state index in [-0.39, 0.29) is 30.1 Å². The van der Waals surface area contributed by atoms with Gasteiger partial charge < -0.3 is 14.9 Å². The first-order valence-electron chi connectivity index (χ1n) is 19.8. The summed E-state index contributed by atoms with van der Waals surface area (Å²) in [5.41, 5.74) is 4.19. The highest BCUT2D eigenvalue weighted by molar-refractivity contribution is 7.96. The first kappa shape index (κ1) is 49.4. The van der Waals surface area contributed by atoms with Gasteiger partial charge in [0.2, 0.25) is 9.84 Å². The van der Waals surface area contributed by atoms with Crippen LogP contribution < -0.4 is 14.2 Å². The van der Waals surface area contributed by atoms with Crippen LogP contribution in [0.3, 0.4) is 0 Å². The van der Waals surface area contributed by atoms with Crippen molar-refractivity contribution in [2.24, 2.45) is 0 Å². The van der Waals surface area contributed by atoms with Crippen molar-refractivity contribution in [3.8, 4) is 5.75 Å². The average molecular weight is 993 g/mol. The molecule has 0 aliphatic heterocycles. The summed E-state index contributed by atoms with van der Waals surface area (Å²) >= 11 is 0.690. The minimum atomic E-state index is -5.04. The van der Waals surface area contributed by atoms with Gasteiger partial charge in [0.25, 0.3) is 20.0 Å². The van der Waals surface area contributed by atoms with E-state index in [4.69, 9.17) is 10.2 Å². The van der Waals surface area contributed by atoms with Crippen molar-refractivity contribution in [3.63, 3.8) is 0 Å². The predicted molar refractivity (Wildman–Crippen MR) is 245 cm³/mol. The lowest BCUT2D eigenvalue weighted by molar-refractivity contribution is -0.275. The Kier molecular flexibility index (Phi) is 15.6. The fraction of sp³-hybridized carbons (Fsp3) is 0.106. The predicted octanol–water partition coefficient (Wildman–Crippen LogP) is 9.73. The Hall–Kier alpha value is -7.00. The van der Waals surface area contributed by atoms with Gasteiger partial charge in [0.05, 0.1) is 16.0 Å². The van der Waals surface area contributed by atoms with Crippen LogP contribution in [0.15, 0.2) is 182 Å². The van der Waals surface area contributed by atoms with Gasteiger partial charge in [-0.2, -0.15) is 0 Å². The number of rotatable bonds is 17. The molecule has 7 aromatic rings. The number of aryl methyl sites for hydroxylation is 4. The number of ether oxygens (including phenoxy) is 1. The van der Waals surface area contributed by atoms with Crippen molar-refractivity contribution in [1.29, 1.82) is 0 Å². The number of sulfonamides is 2. The second kappa shape index (κ2) is 21.1. The summed E-state index contributed by atoms with van der Waals surface area (Å²) in [6.45, 7) is 0. The number of hydrogen-bond acceptors (Lipinski definition) is 10. The fourth-order valence-electron chi connectivity index (χ4n) is 6.48. The summed E-state index contributed by atoms with van der Waals surface area (Å²) in [4.78, 5) is 21.7. The molecule has 67 heavy (non-hydrogen) atoms. The first-order valence-corrected chi connectivity index (χ1v) is 25.1. The highest BCUT2D eigenvalue weighted by atomic mass is 32.3. The van der Waals surface area contributed by atoms with Crippen molar-refractivity contribution in [2.75, 3.05) is 9.44 Å². The lowest BCUT2D eigenvalue weighted by Crippen LogP contribution is -2.20. The Balaban J connectivity index is 0.000000222. The number of halogens is 3. The van der Waals surface area contributed by atoms with Crippen LogP contribution in [0, 0.1) is 0 Å². The van der Waals surface area contributed by atoms with E-state index in [9.17, 15) is 48.0 Å². The summed E-state index contributed by atoms with van der Waals surface area (Å²) in [6.07, 6.45) is -2.87. The highest BCUT2D eigenvalue weighted by Gasteiger charge is 2.34. The Labute approximate surface area is 388 Å². The topological polar surface area (TPSA) is 210 Å². The molecule has 1 aromatic heterocycles. The molecule has 7 rings (SSSR count). The molecule has 0 fully saturated rings. The van der Waals surface area contributed by atoms with Crippen molar-refractivity contribution in [3.05, 3.63) is 197 Å². The maximum Gasteiger partial charge on any atom is 0.573 e. The molecule has 0 amide bonds. The minimum Gasteiger partial charge on any atom is -0.478 e. The molecule has 0 aliphatic rings. The number of alkyl halides is 3. The molecule has 348 valence electrons. The molecule has 0 spiro atoms. The zero-order valence-corrected chi connectivity index (χ0v) is 38.0. The van der Waals surface area contributed by atoms with E-state index in [0.717, 1.165) is 34.4 Å². The number of hydrogen-bond donors (Lipinski definition) is 4. The van der Waals surface area contributed by atoms with Crippen LogP contribution in [-0.4, -0.2) is 53.8 Å². The van der Waals surface area contributed by atoms with E-state index >= 15 is 0 Å². The zero-order valence-electron chi connectivity index (χ0n) is 34.8. The van der Waals surface area contributed by atoms with E-state index in [1.165, 1.54) is 54.6 Å². The monoisotopic (exact) mass is 992 g/mol. The van der Waals surface area contributed by atoms with Gasteiger partial charge in [0.1, 0.15) is 19.1 Å². The van der Waals surface area contributed by atoms with Crippen LogP contribution >= 0.6 is 11.3 Å². The maximum atomic E-state index is 12.9. The molecule has 0 bridgehead atoms. The number of nitrogens with one attached hydrogen (secondary N) is 2. The highest BCUT2D eigenvalue weighted by Crippen LogP contribution is 2.33. The molecule has 20 heteroatoms. The molecule has 0 aliphatic carbocycles. The number of carboxylic acids is 2. The smallest absolute Gasteiger partial charge is 0.478 e. The van der Waals surface area contributed by atoms with Gasteiger partial charge in [0, 0.05) is 11.4 Å². The molecule has 0 radical (unpaired) electrons. The summed E-state index contributed by atoms with van der Waals surface area (Å²) in [7, 11) is -12.2. The largest absolute Gasteiger partial charge is 0.573 e. The summed E-state index contributed by atoms with van der Waals surface area (Å²) < 4.78 is 123. The number of para-hydroxylation sites is 1. The number of benzene rings is 6. The fourth-order valence-corrected chi connectivity index (χ4v) is 11.9. The van der Waals surface area contributed by atoms with Crippen molar-refractivity contribution in [2.45, 2.75) is 50.3 Å². The molecule has 1 heterocycles. The van der Waals surface area contributed by atoms with E-state index in [1.54, 1.807) is 84.9 Å². The zero-order chi connectivity index (χ0) is 48.4. The van der Waals surface area contributed by atoms with Gasteiger partial charge >= 0.3 is 18.3 Å². The van der Waals surface area contributed by atoms with Crippen LogP contribution in [0.4, 0.5) is 24.5 Å². The number of sulfone groups is 1. The third kappa shape index (κ3) is 13.8. The van der Waals surface area contributed by atoms with Gasteiger partial charge in [-0.05, 0) is 133 Å². The normalized spacial score (nSPS) is 11.7. The van der Waals surface area contributed by atoms with Gasteiger partial charge in [-0.3, -0.25) is 9.44 Å². The van der Waals surface area contributed by atoms with E-state index in [2.05, 4.69) is 14.2 Å². The summed E-state index contributed by atoms with van der Waals surface area (Å²) in [6, 6.07) is 41.3. The van der Waals surface area contributed by atoms with Gasteiger partial charge in [-0.25, -0.2) is 34.8 Å². The Morgan fingerprint density at radius 1 is 0.507 bits per heavy atom. The lowest BCUT2D eigenvalue weighted by atomic mass is 10.0. The molecule has 0 atom stereocenters. The van der Waals surface area contributed by atoms with Crippen molar-refractivity contribution in [1.82, 2.24) is 0 Å². The van der Waals surface area contributed by atoms with Gasteiger partial charge in [-0.15, -0.1) is 24.5 Å². The second-order valence-corrected chi connectivity index (χ2v) is 21.3. The van der Waals surface area contributed by atoms with Crippen LogP contribution in [0.25, 0.3) is 0 Å². The number of carboxylic acid groups (broad SMARTS) is 2. The number of aromatic carboxylic acids is 2. The quantitative estimate of drug-likeness (QED) is 0.0675. The van der Waals surface area contributed by atoms with E-state index in [1.807, 2.05) is 12.1 Å². The third-order valence-corrected chi connectivity index (χ3v) is 16.3. The van der Waals surface area contributed by atoms with Crippen molar-refractivity contribution >= 4 is 64.5 Å². The molecule has 0 saturated heterocycles. The molecular weight excluding hydrogens is 954 g/mol. The lowest BCUT2D eigenvalue weighted by Gasteiger charge is -2.15. The Morgan fingerprint density at radius 2 is 0.940 bits per heavy atom. The van der Waals surface area contributed by atoms with Crippen LogP contribution in [0.1, 0.15) is 43.0 Å². The minimum absolute atomic E-state index is 0.0542. The van der Waals surface area contributed by atoms with E-state index in [0.29, 0.717) is 42.7 Å². The van der Waals surface area contributed by atoms with Gasteiger partial charge in [-0.1, -0.05) is 78.9 Å². The SMILES string of the molecule is O=C(O)c1cccc(CCc2cccc(NS(=O)(=O)c3ccc(S(=O)(=O)c4ccccc4)s3)c2)c1.O=C(O)c1cccc(CCc2cccc(NS(=O)(=O)c3ccccc3OC(F)(F)F)c2)c1. The third-order valence-electron chi connectivity index (χ3n) is 9.62. The van der Waals surface area contributed by atoms with Gasteiger partial charge in [0.15, 0.2) is 0 Å². The summed E-state index contributed by atoms with van der Waals surface area (Å²) in [5, 5.41) is 18.2. The standard InChI is InChI=1S/C25H21NO6S3.C22H18F3NO5S/c27-25(28)20-8-4-6-18(16-20)12-13-19-7-5-9-21(17-19)26-35(31,32)24-15-14-23(33-24)34(29,30)22-10-2-1-3-11-22;23-22(24,25)31-19-9-1-2-10-20(19)32(29,30)26-18-8-4-6-16(14-18)12-11-15-5-3-7-17(13-15)21(27)28/h1-11,14-17,26H,12-13H2,(H,27,28);1-10,13-14,26H,11-12H2,(H,27,28). The Bertz CT molecular complexity index is 3240.